The van der Waals surface area contributed by atoms with E-state index in [4.69, 9.17) is 5.73 Å². The van der Waals surface area contributed by atoms with Crippen LogP contribution in [0.3, 0.4) is 0 Å². The summed E-state index contributed by atoms with van der Waals surface area (Å²) in [5.74, 6) is -0.842. The number of carbonyl (C=O) groups excluding carboxylic acids is 2. The molecule has 0 radical (unpaired) electrons. The van der Waals surface area contributed by atoms with Gasteiger partial charge >= 0.3 is 0 Å². The summed E-state index contributed by atoms with van der Waals surface area (Å²) >= 11 is 0. The molecule has 0 bridgehead atoms. The number of amides is 2. The van der Waals surface area contributed by atoms with Crippen molar-refractivity contribution in [2.75, 3.05) is 13.1 Å². The number of rotatable bonds is 8. The van der Waals surface area contributed by atoms with Gasteiger partial charge in [-0.25, -0.2) is 0 Å². The van der Waals surface area contributed by atoms with E-state index >= 15 is 0 Å². The Morgan fingerprint density at radius 1 is 1.00 bits per heavy atom. The smallest absolute Gasteiger partial charge is 0.251 e. The molecule has 6 heteroatoms. The number of nitrogens with one attached hydrogen (secondary N) is 2. The number of hydrogen-bond acceptors (Lipinski definition) is 4. The molecule has 26 heavy (non-hydrogen) atoms. The molecule has 0 heterocycles. The van der Waals surface area contributed by atoms with E-state index in [1.54, 1.807) is 12.1 Å². The van der Waals surface area contributed by atoms with Crippen molar-refractivity contribution in [1.29, 1.82) is 0 Å². The summed E-state index contributed by atoms with van der Waals surface area (Å²) in [5.41, 5.74) is 6.68. The highest BCUT2D eigenvalue weighted by molar-refractivity contribution is 5.94. The van der Waals surface area contributed by atoms with Gasteiger partial charge < -0.3 is 21.5 Å². The molecule has 0 fully saturated rings. The van der Waals surface area contributed by atoms with Gasteiger partial charge in [-0.15, -0.1) is 0 Å². The number of benzene rings is 2. The van der Waals surface area contributed by atoms with Crippen LogP contribution in [0.4, 0.5) is 0 Å². The summed E-state index contributed by atoms with van der Waals surface area (Å²) in [5, 5.41) is 15.5. The van der Waals surface area contributed by atoms with Gasteiger partial charge in [-0.05, 0) is 37.1 Å². The molecule has 0 aliphatic rings. The maximum absolute atomic E-state index is 12.2. The monoisotopic (exact) mass is 355 g/mol. The third kappa shape index (κ3) is 5.40. The van der Waals surface area contributed by atoms with E-state index in [1.807, 2.05) is 42.5 Å². The number of carbonyl (C=O) groups is 2. The fourth-order valence-electron chi connectivity index (χ4n) is 2.64. The lowest BCUT2D eigenvalue weighted by molar-refractivity contribution is -0.125. The Bertz CT molecular complexity index is 737. The lowest BCUT2D eigenvalue weighted by Crippen LogP contribution is -2.56. The topological polar surface area (TPSA) is 104 Å². The van der Waals surface area contributed by atoms with Crippen molar-refractivity contribution in [1.82, 2.24) is 10.6 Å². The first kappa shape index (κ1) is 19.6. The summed E-state index contributed by atoms with van der Waals surface area (Å²) in [6, 6.07) is 16.4. The van der Waals surface area contributed by atoms with Gasteiger partial charge in [0, 0.05) is 18.7 Å². The van der Waals surface area contributed by atoms with Crippen molar-refractivity contribution < 1.29 is 14.7 Å². The summed E-state index contributed by atoms with van der Waals surface area (Å²) in [6.45, 7) is 3.62. The second kappa shape index (κ2) is 8.60. The van der Waals surface area contributed by atoms with Crippen LogP contribution in [0.5, 0.6) is 0 Å². The molecule has 1 atom stereocenters. The van der Waals surface area contributed by atoms with Gasteiger partial charge in [0.1, 0.15) is 6.04 Å². The van der Waals surface area contributed by atoms with Crippen LogP contribution >= 0.6 is 0 Å². The second-order valence-electron chi connectivity index (χ2n) is 6.64. The molecule has 2 aromatic rings. The largest absolute Gasteiger partial charge is 0.388 e. The van der Waals surface area contributed by atoms with Crippen molar-refractivity contribution in [2.45, 2.75) is 25.5 Å². The van der Waals surface area contributed by atoms with E-state index in [0.29, 0.717) is 18.7 Å². The zero-order valence-electron chi connectivity index (χ0n) is 15.0. The normalized spacial score (nSPS) is 12.4. The molecule has 0 aliphatic carbocycles. The average molecular weight is 355 g/mol. The van der Waals surface area contributed by atoms with Crippen LogP contribution in [0.25, 0.3) is 11.1 Å². The molecule has 6 nitrogen and oxygen atoms in total. The Labute approximate surface area is 153 Å². The van der Waals surface area contributed by atoms with Crippen molar-refractivity contribution in [3.8, 4) is 11.1 Å². The minimum absolute atomic E-state index is 0.203. The molecule has 0 aliphatic heterocycles. The van der Waals surface area contributed by atoms with E-state index < -0.39 is 17.6 Å². The highest BCUT2D eigenvalue weighted by atomic mass is 16.3. The van der Waals surface area contributed by atoms with Crippen LogP contribution in [0.15, 0.2) is 54.6 Å². The maximum atomic E-state index is 12.2. The number of nitrogens with two attached hydrogens (primary N) is 1. The Kier molecular flexibility index (Phi) is 6.49. The Morgan fingerprint density at radius 3 is 2.12 bits per heavy atom. The molecule has 2 aromatic carbocycles. The average Bonchev–Trinajstić information content (AvgIpc) is 2.60. The van der Waals surface area contributed by atoms with Gasteiger partial charge in [0.05, 0.1) is 5.60 Å². The summed E-state index contributed by atoms with van der Waals surface area (Å²) < 4.78 is 0. The van der Waals surface area contributed by atoms with Gasteiger partial charge in [0.15, 0.2) is 0 Å². The highest BCUT2D eigenvalue weighted by Crippen LogP contribution is 2.19. The lowest BCUT2D eigenvalue weighted by Gasteiger charge is -2.27. The van der Waals surface area contributed by atoms with Crippen molar-refractivity contribution in [2.24, 2.45) is 5.73 Å². The Morgan fingerprint density at radius 2 is 1.58 bits per heavy atom. The highest BCUT2D eigenvalue weighted by Gasteiger charge is 2.30. The summed E-state index contributed by atoms with van der Waals surface area (Å²) in [6.07, 6.45) is 0. The van der Waals surface area contributed by atoms with Crippen molar-refractivity contribution in [3.63, 3.8) is 0 Å². The number of primary amides is 1. The van der Waals surface area contributed by atoms with Crippen molar-refractivity contribution in [3.05, 3.63) is 60.2 Å². The quantitative estimate of drug-likeness (QED) is 0.536. The van der Waals surface area contributed by atoms with Crippen LogP contribution < -0.4 is 16.4 Å². The molecule has 0 spiro atoms. The van der Waals surface area contributed by atoms with E-state index in [1.165, 1.54) is 13.8 Å². The van der Waals surface area contributed by atoms with E-state index in [-0.39, 0.29) is 5.91 Å². The van der Waals surface area contributed by atoms with E-state index in [9.17, 15) is 14.7 Å². The van der Waals surface area contributed by atoms with Gasteiger partial charge in [-0.1, -0.05) is 42.5 Å². The molecule has 0 unspecified atom stereocenters. The fraction of sp³-hybridized carbons (Fsp3) is 0.300. The van der Waals surface area contributed by atoms with E-state index in [2.05, 4.69) is 10.6 Å². The standard InChI is InChI=1S/C20H25N3O3/c1-20(2,26)17(18(21)24)22-12-13-23-19(25)16-10-8-15(9-11-16)14-6-4-3-5-7-14/h3-11,17,22,26H,12-13H2,1-2H3,(H2,21,24)(H,23,25)/t17-/m1/s1. The number of aliphatic hydroxyl groups is 1. The first-order valence-corrected chi connectivity index (χ1v) is 8.48. The molecule has 0 saturated carbocycles. The predicted molar refractivity (Wildman–Crippen MR) is 101 cm³/mol. The van der Waals surface area contributed by atoms with E-state index in [0.717, 1.165) is 11.1 Å². The lowest BCUT2D eigenvalue weighted by atomic mass is 9.98. The fourth-order valence-corrected chi connectivity index (χ4v) is 2.64. The van der Waals surface area contributed by atoms with Crippen LogP contribution in [-0.2, 0) is 4.79 Å². The molecular formula is C20H25N3O3. The second-order valence-corrected chi connectivity index (χ2v) is 6.64. The Hall–Kier alpha value is -2.70. The van der Waals surface area contributed by atoms with Gasteiger partial charge in [-0.2, -0.15) is 0 Å². The van der Waals surface area contributed by atoms with Gasteiger partial charge in [0.25, 0.3) is 5.91 Å². The third-order valence-corrected chi connectivity index (χ3v) is 4.00. The van der Waals surface area contributed by atoms with Crippen LogP contribution in [0.1, 0.15) is 24.2 Å². The van der Waals surface area contributed by atoms with Crippen LogP contribution in [0.2, 0.25) is 0 Å². The zero-order chi connectivity index (χ0) is 19.2. The van der Waals surface area contributed by atoms with Crippen molar-refractivity contribution >= 4 is 11.8 Å². The molecule has 0 saturated heterocycles. The Balaban J connectivity index is 1.86. The first-order chi connectivity index (χ1) is 12.3. The third-order valence-electron chi connectivity index (χ3n) is 4.00. The molecule has 0 aromatic heterocycles. The summed E-state index contributed by atoms with van der Waals surface area (Å²) in [7, 11) is 0. The molecule has 5 N–H and O–H groups in total. The van der Waals surface area contributed by atoms with Gasteiger partial charge in [0.2, 0.25) is 5.91 Å². The summed E-state index contributed by atoms with van der Waals surface area (Å²) in [4.78, 5) is 23.5. The minimum atomic E-state index is -1.27. The SMILES string of the molecule is CC(C)(O)[C@H](NCCNC(=O)c1ccc(-c2ccccc2)cc1)C(N)=O. The first-order valence-electron chi connectivity index (χ1n) is 8.48. The maximum Gasteiger partial charge on any atom is 0.251 e. The molecule has 138 valence electrons. The molecule has 2 amide bonds. The van der Waals surface area contributed by atoms with Gasteiger partial charge in [-0.3, -0.25) is 9.59 Å². The minimum Gasteiger partial charge on any atom is -0.388 e. The van der Waals surface area contributed by atoms with Crippen LogP contribution in [-0.4, -0.2) is 41.7 Å². The predicted octanol–water partition coefficient (Wildman–Crippen LogP) is 1.30. The molecule has 2 rings (SSSR count). The zero-order valence-corrected chi connectivity index (χ0v) is 15.0. The molecular weight excluding hydrogens is 330 g/mol. The van der Waals surface area contributed by atoms with Crippen LogP contribution in [0, 0.1) is 0 Å². The number of hydrogen-bond donors (Lipinski definition) is 4.